The molecule has 0 atom stereocenters. The fourth-order valence-electron chi connectivity index (χ4n) is 1.82. The number of rotatable bonds is 13. The van der Waals surface area contributed by atoms with Crippen LogP contribution < -0.4 is 0 Å². The van der Waals surface area contributed by atoms with Gasteiger partial charge in [0, 0.05) is 6.42 Å². The fourth-order valence-corrected chi connectivity index (χ4v) is 1.82. The first kappa shape index (κ1) is 18.7. The van der Waals surface area contributed by atoms with Crippen LogP contribution in [0.1, 0.15) is 71.1 Å². The molecule has 0 aromatic rings. The zero-order chi connectivity index (χ0) is 14.9. The summed E-state index contributed by atoms with van der Waals surface area (Å²) in [5.41, 5.74) is 0. The van der Waals surface area contributed by atoms with E-state index in [1.807, 2.05) is 0 Å². The predicted molar refractivity (Wildman–Crippen MR) is 86.9 cm³/mol. The van der Waals surface area contributed by atoms with Gasteiger partial charge >= 0.3 is 5.97 Å². The highest BCUT2D eigenvalue weighted by molar-refractivity contribution is 5.66. The number of carbonyl (C=O) groups is 1. The Morgan fingerprint density at radius 1 is 0.800 bits per heavy atom. The number of hydrogen-bond donors (Lipinski definition) is 1. The summed E-state index contributed by atoms with van der Waals surface area (Å²) in [4.78, 5) is 10.3. The first-order valence-corrected chi connectivity index (χ1v) is 7.94. The molecule has 0 radical (unpaired) electrons. The van der Waals surface area contributed by atoms with Crippen LogP contribution in [0, 0.1) is 0 Å². The molecule has 0 saturated carbocycles. The Kier molecular flexibility index (Phi) is 14.7. The maximum atomic E-state index is 10.3. The highest BCUT2D eigenvalue weighted by atomic mass is 16.4. The van der Waals surface area contributed by atoms with Crippen molar-refractivity contribution >= 4 is 5.97 Å². The Balaban J connectivity index is 3.30. The summed E-state index contributed by atoms with van der Waals surface area (Å²) < 4.78 is 0. The standard InChI is InChI=1S/C18H30O2/c1-2-3-4-5-6-7-8-9-10-11-12-13-14-15-16-17-18(19)20/h6-7,9-10,13-14H,2-5,8,11-12,15-17H2,1H3,(H,19,20)/b7-6+,10-9+,14-13+. The van der Waals surface area contributed by atoms with Gasteiger partial charge in [0.05, 0.1) is 0 Å². The number of allylic oxidation sites excluding steroid dienone is 6. The van der Waals surface area contributed by atoms with Crippen LogP contribution in [0.25, 0.3) is 0 Å². The van der Waals surface area contributed by atoms with Gasteiger partial charge in [0.2, 0.25) is 0 Å². The van der Waals surface area contributed by atoms with Crippen LogP contribution in [-0.4, -0.2) is 11.1 Å². The summed E-state index contributed by atoms with van der Waals surface area (Å²) in [6.45, 7) is 2.23. The highest BCUT2D eigenvalue weighted by Gasteiger charge is 1.92. The van der Waals surface area contributed by atoms with E-state index in [-0.39, 0.29) is 6.42 Å². The molecule has 0 unspecified atom stereocenters. The first-order valence-electron chi connectivity index (χ1n) is 7.94. The molecule has 0 heterocycles. The molecule has 0 aliphatic heterocycles. The molecule has 2 nitrogen and oxygen atoms in total. The SMILES string of the molecule is CCCCC/C=C/C/C=C/CC/C=C/CCCC(=O)O. The Bertz CT molecular complexity index is 301. The number of unbranched alkanes of at least 4 members (excludes halogenated alkanes) is 5. The summed E-state index contributed by atoms with van der Waals surface area (Å²) >= 11 is 0. The molecule has 0 aromatic carbocycles. The van der Waals surface area contributed by atoms with Crippen molar-refractivity contribution in [3.8, 4) is 0 Å². The van der Waals surface area contributed by atoms with E-state index < -0.39 is 5.97 Å². The van der Waals surface area contributed by atoms with E-state index in [1.54, 1.807) is 0 Å². The maximum absolute atomic E-state index is 10.3. The van der Waals surface area contributed by atoms with Crippen molar-refractivity contribution in [1.29, 1.82) is 0 Å². The zero-order valence-electron chi connectivity index (χ0n) is 12.9. The van der Waals surface area contributed by atoms with Gasteiger partial charge in [0.25, 0.3) is 0 Å². The Labute approximate surface area is 124 Å². The van der Waals surface area contributed by atoms with Crippen molar-refractivity contribution in [3.05, 3.63) is 36.5 Å². The molecule has 0 fully saturated rings. The lowest BCUT2D eigenvalue weighted by molar-refractivity contribution is -0.137. The molecule has 2 heteroatoms. The minimum atomic E-state index is -0.705. The fraction of sp³-hybridized carbons (Fsp3) is 0.611. The van der Waals surface area contributed by atoms with Gasteiger partial charge in [-0.1, -0.05) is 56.2 Å². The molecule has 1 N–H and O–H groups in total. The van der Waals surface area contributed by atoms with Gasteiger partial charge in [-0.15, -0.1) is 0 Å². The molecule has 0 saturated heterocycles. The third kappa shape index (κ3) is 16.7. The van der Waals surface area contributed by atoms with E-state index >= 15 is 0 Å². The van der Waals surface area contributed by atoms with Crippen molar-refractivity contribution in [1.82, 2.24) is 0 Å². The van der Waals surface area contributed by atoms with Crippen LogP contribution in [0.15, 0.2) is 36.5 Å². The topological polar surface area (TPSA) is 37.3 Å². The molecular weight excluding hydrogens is 248 g/mol. The predicted octanol–water partition coefficient (Wildman–Crippen LogP) is 5.66. The summed E-state index contributed by atoms with van der Waals surface area (Å²) in [5.74, 6) is -0.705. The number of carboxylic acids is 1. The summed E-state index contributed by atoms with van der Waals surface area (Å²) in [6, 6.07) is 0. The minimum absolute atomic E-state index is 0.273. The maximum Gasteiger partial charge on any atom is 0.303 e. The van der Waals surface area contributed by atoms with E-state index in [0.29, 0.717) is 0 Å². The second-order valence-corrected chi connectivity index (χ2v) is 5.01. The molecule has 114 valence electrons. The van der Waals surface area contributed by atoms with Crippen molar-refractivity contribution < 1.29 is 9.90 Å². The number of carboxylic acid groups (broad SMARTS) is 1. The average Bonchev–Trinajstić information content (AvgIpc) is 2.43. The number of aliphatic carboxylic acids is 1. The lowest BCUT2D eigenvalue weighted by Gasteiger charge is -1.91. The van der Waals surface area contributed by atoms with Crippen LogP contribution >= 0.6 is 0 Å². The van der Waals surface area contributed by atoms with E-state index in [9.17, 15) is 4.79 Å². The lowest BCUT2D eigenvalue weighted by Crippen LogP contribution is -1.92. The van der Waals surface area contributed by atoms with E-state index in [1.165, 1.54) is 25.7 Å². The minimum Gasteiger partial charge on any atom is -0.481 e. The van der Waals surface area contributed by atoms with E-state index in [2.05, 4.69) is 43.4 Å². The van der Waals surface area contributed by atoms with Crippen molar-refractivity contribution in [2.75, 3.05) is 0 Å². The van der Waals surface area contributed by atoms with Gasteiger partial charge in [-0.2, -0.15) is 0 Å². The summed E-state index contributed by atoms with van der Waals surface area (Å²) in [5, 5.41) is 8.48. The molecule has 0 aliphatic carbocycles. The van der Waals surface area contributed by atoms with E-state index in [4.69, 9.17) is 5.11 Å². The lowest BCUT2D eigenvalue weighted by atomic mass is 10.2. The molecule has 0 bridgehead atoms. The van der Waals surface area contributed by atoms with Crippen molar-refractivity contribution in [2.24, 2.45) is 0 Å². The van der Waals surface area contributed by atoms with Gasteiger partial charge in [0.15, 0.2) is 0 Å². The van der Waals surface area contributed by atoms with Gasteiger partial charge < -0.3 is 5.11 Å². The normalized spacial score (nSPS) is 12.1. The van der Waals surface area contributed by atoms with Crippen molar-refractivity contribution in [3.63, 3.8) is 0 Å². The van der Waals surface area contributed by atoms with Crippen LogP contribution in [0.4, 0.5) is 0 Å². The third-order valence-electron chi connectivity index (χ3n) is 3.01. The van der Waals surface area contributed by atoms with Gasteiger partial charge in [-0.25, -0.2) is 0 Å². The Hall–Kier alpha value is -1.31. The van der Waals surface area contributed by atoms with Gasteiger partial charge in [-0.05, 0) is 44.9 Å². The summed E-state index contributed by atoms with van der Waals surface area (Å²) in [6.07, 6.45) is 23.4. The molecule has 0 rings (SSSR count). The quantitative estimate of drug-likeness (QED) is 0.348. The molecule has 0 aliphatic rings. The highest BCUT2D eigenvalue weighted by Crippen LogP contribution is 2.02. The smallest absolute Gasteiger partial charge is 0.303 e. The van der Waals surface area contributed by atoms with E-state index in [0.717, 1.165) is 32.1 Å². The molecule has 0 amide bonds. The van der Waals surface area contributed by atoms with Crippen LogP contribution in [0.5, 0.6) is 0 Å². The molecule has 20 heavy (non-hydrogen) atoms. The number of hydrogen-bond acceptors (Lipinski definition) is 1. The Morgan fingerprint density at radius 2 is 1.35 bits per heavy atom. The second-order valence-electron chi connectivity index (χ2n) is 5.01. The summed E-state index contributed by atoms with van der Waals surface area (Å²) in [7, 11) is 0. The molecule has 0 aromatic heterocycles. The molecule has 0 spiro atoms. The third-order valence-corrected chi connectivity index (χ3v) is 3.01. The van der Waals surface area contributed by atoms with Gasteiger partial charge in [0.1, 0.15) is 0 Å². The van der Waals surface area contributed by atoms with Crippen LogP contribution in [0.3, 0.4) is 0 Å². The van der Waals surface area contributed by atoms with Crippen molar-refractivity contribution in [2.45, 2.75) is 71.1 Å². The van der Waals surface area contributed by atoms with Crippen LogP contribution in [-0.2, 0) is 4.79 Å². The van der Waals surface area contributed by atoms with Crippen LogP contribution in [0.2, 0.25) is 0 Å². The average molecular weight is 278 g/mol. The molecular formula is C18H30O2. The first-order chi connectivity index (χ1) is 9.77. The monoisotopic (exact) mass is 278 g/mol. The second kappa shape index (κ2) is 15.7. The van der Waals surface area contributed by atoms with Gasteiger partial charge in [-0.3, -0.25) is 4.79 Å². The zero-order valence-corrected chi connectivity index (χ0v) is 12.9. The Morgan fingerprint density at radius 3 is 2.00 bits per heavy atom. The largest absolute Gasteiger partial charge is 0.481 e.